The Bertz CT molecular complexity index is 985. The summed E-state index contributed by atoms with van der Waals surface area (Å²) in [6.45, 7) is 6.63. The van der Waals surface area contributed by atoms with E-state index in [-0.39, 0.29) is 12.5 Å². The summed E-state index contributed by atoms with van der Waals surface area (Å²) in [6, 6.07) is 13.2. The second-order valence-electron chi connectivity index (χ2n) is 7.33. The van der Waals surface area contributed by atoms with Gasteiger partial charge in [-0.1, -0.05) is 28.1 Å². The lowest BCUT2D eigenvalue weighted by Crippen LogP contribution is -2.52. The Hall–Kier alpha value is -2.06. The van der Waals surface area contributed by atoms with Gasteiger partial charge in [-0.15, -0.1) is 0 Å². The Labute approximate surface area is 181 Å². The lowest BCUT2D eigenvalue weighted by molar-refractivity contribution is -0.129. The molecular weight excluding hydrogens is 454 g/mol. The maximum atomic E-state index is 12.9. The Morgan fingerprint density at radius 2 is 1.66 bits per heavy atom. The first-order valence-corrected chi connectivity index (χ1v) is 12.1. The van der Waals surface area contributed by atoms with Gasteiger partial charge in [0.2, 0.25) is 15.9 Å². The van der Waals surface area contributed by atoms with E-state index < -0.39 is 10.0 Å². The van der Waals surface area contributed by atoms with Crippen molar-refractivity contribution in [1.82, 2.24) is 4.90 Å². The minimum Gasteiger partial charge on any atom is -0.368 e. The van der Waals surface area contributed by atoms with Crippen molar-refractivity contribution in [2.45, 2.75) is 13.8 Å². The molecular formula is C21H26BrN3O3S. The van der Waals surface area contributed by atoms with Crippen molar-refractivity contribution in [3.8, 4) is 0 Å². The van der Waals surface area contributed by atoms with E-state index in [9.17, 15) is 13.2 Å². The van der Waals surface area contributed by atoms with Crippen LogP contribution in [0.4, 0.5) is 11.4 Å². The van der Waals surface area contributed by atoms with Gasteiger partial charge in [0.15, 0.2) is 0 Å². The normalized spacial score (nSPS) is 14.8. The maximum absolute atomic E-state index is 12.9. The number of hydrogen-bond acceptors (Lipinski definition) is 4. The number of amides is 1. The number of benzene rings is 2. The van der Waals surface area contributed by atoms with Crippen molar-refractivity contribution in [2.75, 3.05) is 48.2 Å². The highest BCUT2D eigenvalue weighted by atomic mass is 79.9. The van der Waals surface area contributed by atoms with Gasteiger partial charge in [0.05, 0.1) is 11.9 Å². The predicted octanol–water partition coefficient (Wildman–Crippen LogP) is 3.18. The van der Waals surface area contributed by atoms with Crippen LogP contribution in [-0.4, -0.2) is 58.2 Å². The molecule has 1 heterocycles. The Morgan fingerprint density at radius 1 is 1.03 bits per heavy atom. The maximum Gasteiger partial charge on any atom is 0.243 e. The molecule has 2 aromatic rings. The number of halogens is 1. The third-order valence-corrected chi connectivity index (χ3v) is 7.01. The molecule has 1 aliphatic heterocycles. The van der Waals surface area contributed by atoms with Crippen LogP contribution in [0.1, 0.15) is 11.1 Å². The first-order chi connectivity index (χ1) is 13.7. The van der Waals surface area contributed by atoms with Crippen LogP contribution in [0.25, 0.3) is 0 Å². The van der Waals surface area contributed by atoms with Crippen molar-refractivity contribution < 1.29 is 13.2 Å². The van der Waals surface area contributed by atoms with Crippen molar-refractivity contribution >= 4 is 43.2 Å². The summed E-state index contributed by atoms with van der Waals surface area (Å²) in [5.41, 5.74) is 4.19. The molecule has 2 aromatic carbocycles. The van der Waals surface area contributed by atoms with E-state index in [1.807, 2.05) is 0 Å². The third kappa shape index (κ3) is 5.11. The van der Waals surface area contributed by atoms with Crippen molar-refractivity contribution in [2.24, 2.45) is 0 Å². The van der Waals surface area contributed by atoms with Crippen LogP contribution >= 0.6 is 15.9 Å². The fourth-order valence-corrected chi connectivity index (χ4v) is 4.62. The molecule has 0 aromatic heterocycles. The molecule has 0 radical (unpaired) electrons. The topological polar surface area (TPSA) is 60.9 Å². The molecule has 0 aliphatic carbocycles. The zero-order valence-electron chi connectivity index (χ0n) is 16.9. The largest absolute Gasteiger partial charge is 0.368 e. The number of nitrogens with zero attached hydrogens (tertiary/aromatic N) is 3. The molecule has 0 N–H and O–H groups in total. The molecule has 6 nitrogen and oxygen atoms in total. The third-order valence-electron chi connectivity index (χ3n) is 5.34. The fourth-order valence-electron chi connectivity index (χ4n) is 3.51. The number of carbonyl (C=O) groups is 1. The fraction of sp³-hybridized carbons (Fsp3) is 0.381. The Balaban J connectivity index is 1.68. The second kappa shape index (κ2) is 8.75. The van der Waals surface area contributed by atoms with Crippen molar-refractivity contribution in [1.29, 1.82) is 0 Å². The molecule has 1 amide bonds. The molecule has 8 heteroatoms. The summed E-state index contributed by atoms with van der Waals surface area (Å²) in [4.78, 5) is 16.9. The number of piperazine rings is 1. The lowest BCUT2D eigenvalue weighted by Gasteiger charge is -2.37. The van der Waals surface area contributed by atoms with Crippen LogP contribution in [0.5, 0.6) is 0 Å². The van der Waals surface area contributed by atoms with E-state index >= 15 is 0 Å². The molecule has 1 saturated heterocycles. The molecule has 0 spiro atoms. The number of hydrogen-bond donors (Lipinski definition) is 0. The average molecular weight is 480 g/mol. The van der Waals surface area contributed by atoms with E-state index in [0.717, 1.165) is 23.8 Å². The zero-order chi connectivity index (χ0) is 21.2. The number of carbonyl (C=O) groups excluding carboxylic acids is 1. The molecule has 1 aliphatic rings. The first-order valence-electron chi connectivity index (χ1n) is 9.49. The zero-order valence-corrected chi connectivity index (χ0v) is 19.3. The summed E-state index contributed by atoms with van der Waals surface area (Å²) in [5, 5.41) is 0. The summed E-state index contributed by atoms with van der Waals surface area (Å²) in [7, 11) is -3.57. The quantitative estimate of drug-likeness (QED) is 0.660. The van der Waals surface area contributed by atoms with Gasteiger partial charge in [0.1, 0.15) is 6.54 Å². The number of anilines is 2. The summed E-state index contributed by atoms with van der Waals surface area (Å²) in [5.74, 6) is -0.182. The van der Waals surface area contributed by atoms with Gasteiger partial charge in [-0.25, -0.2) is 8.42 Å². The summed E-state index contributed by atoms with van der Waals surface area (Å²) >= 11 is 3.34. The number of rotatable bonds is 5. The molecule has 29 heavy (non-hydrogen) atoms. The monoisotopic (exact) mass is 479 g/mol. The highest BCUT2D eigenvalue weighted by Gasteiger charge is 2.27. The van der Waals surface area contributed by atoms with Crippen LogP contribution in [0.3, 0.4) is 0 Å². The van der Waals surface area contributed by atoms with Gasteiger partial charge >= 0.3 is 0 Å². The van der Waals surface area contributed by atoms with Crippen molar-refractivity contribution in [3.05, 3.63) is 58.1 Å². The molecule has 3 rings (SSSR count). The highest BCUT2D eigenvalue weighted by Crippen LogP contribution is 2.24. The van der Waals surface area contributed by atoms with Gasteiger partial charge in [0, 0.05) is 36.3 Å². The minimum atomic E-state index is -3.57. The summed E-state index contributed by atoms with van der Waals surface area (Å²) < 4.78 is 26.6. The molecule has 0 saturated carbocycles. The molecule has 156 valence electrons. The first kappa shape index (κ1) is 21.6. The average Bonchev–Trinajstić information content (AvgIpc) is 2.68. The van der Waals surface area contributed by atoms with Gasteiger partial charge in [-0.2, -0.15) is 0 Å². The van der Waals surface area contributed by atoms with Crippen LogP contribution < -0.4 is 9.21 Å². The van der Waals surface area contributed by atoms with Gasteiger partial charge in [0.25, 0.3) is 0 Å². The Morgan fingerprint density at radius 3 is 2.24 bits per heavy atom. The van der Waals surface area contributed by atoms with E-state index in [1.165, 1.54) is 21.1 Å². The minimum absolute atomic E-state index is 0.182. The molecule has 0 bridgehead atoms. The standard InChI is InChI=1S/C21H26BrN3O3S/c1-16-5-4-6-20(17(16)2)23-11-13-24(14-12-23)21(26)15-25(29(3,27)28)19-9-7-18(22)8-10-19/h4-10H,11-15H2,1-3H3. The predicted molar refractivity (Wildman–Crippen MR) is 121 cm³/mol. The second-order valence-corrected chi connectivity index (χ2v) is 10.2. The van der Waals surface area contributed by atoms with Gasteiger partial charge < -0.3 is 9.80 Å². The van der Waals surface area contributed by atoms with Crippen LogP contribution in [0.15, 0.2) is 46.9 Å². The SMILES string of the molecule is Cc1cccc(N2CCN(C(=O)CN(c3ccc(Br)cc3)S(C)(=O)=O)CC2)c1C. The smallest absolute Gasteiger partial charge is 0.243 e. The van der Waals surface area contributed by atoms with Gasteiger partial charge in [-0.05, 0) is 55.3 Å². The van der Waals surface area contributed by atoms with Crippen molar-refractivity contribution in [3.63, 3.8) is 0 Å². The number of aryl methyl sites for hydroxylation is 1. The number of sulfonamides is 1. The molecule has 1 fully saturated rings. The van der Waals surface area contributed by atoms with Crippen LogP contribution in [0.2, 0.25) is 0 Å². The van der Waals surface area contributed by atoms with E-state index in [0.29, 0.717) is 18.8 Å². The van der Waals surface area contributed by atoms with E-state index in [4.69, 9.17) is 0 Å². The van der Waals surface area contributed by atoms with Crippen LogP contribution in [0, 0.1) is 13.8 Å². The highest BCUT2D eigenvalue weighted by molar-refractivity contribution is 9.10. The lowest BCUT2D eigenvalue weighted by atomic mass is 10.1. The molecule has 0 unspecified atom stereocenters. The van der Waals surface area contributed by atoms with Crippen LogP contribution in [-0.2, 0) is 14.8 Å². The van der Waals surface area contributed by atoms with Gasteiger partial charge in [-0.3, -0.25) is 9.10 Å². The van der Waals surface area contributed by atoms with E-state index in [2.05, 4.69) is 52.9 Å². The molecule has 0 atom stereocenters. The van der Waals surface area contributed by atoms with E-state index in [1.54, 1.807) is 29.2 Å². The summed E-state index contributed by atoms with van der Waals surface area (Å²) in [6.07, 6.45) is 1.13. The Kier molecular flexibility index (Phi) is 6.53.